The van der Waals surface area contributed by atoms with Crippen LogP contribution in [0, 0.1) is 0 Å². The molecule has 0 fully saturated rings. The smallest absolute Gasteiger partial charge is 0.272 e. The third-order valence-corrected chi connectivity index (χ3v) is 7.35. The van der Waals surface area contributed by atoms with E-state index in [-0.39, 0.29) is 12.5 Å². The van der Waals surface area contributed by atoms with E-state index < -0.39 is 7.37 Å². The van der Waals surface area contributed by atoms with Crippen molar-refractivity contribution < 1.29 is 18.6 Å². The maximum atomic E-state index is 13.7. The number of aromatic nitrogens is 6. The van der Waals surface area contributed by atoms with Gasteiger partial charge in [0, 0.05) is 31.6 Å². The van der Waals surface area contributed by atoms with Crippen LogP contribution in [0.5, 0.6) is 5.75 Å². The van der Waals surface area contributed by atoms with Crippen LogP contribution in [0.4, 0.5) is 5.82 Å². The summed E-state index contributed by atoms with van der Waals surface area (Å²) < 4.78 is 34.9. The van der Waals surface area contributed by atoms with Crippen molar-refractivity contribution >= 4 is 24.4 Å². The van der Waals surface area contributed by atoms with Crippen LogP contribution in [-0.2, 0) is 34.2 Å². The van der Waals surface area contributed by atoms with Gasteiger partial charge in [0.2, 0.25) is 0 Å². The minimum Gasteiger partial charge on any atom is -0.441 e. The van der Waals surface area contributed by atoms with Crippen LogP contribution >= 0.6 is 7.37 Å². The van der Waals surface area contributed by atoms with Gasteiger partial charge in [0.25, 0.3) is 7.37 Å². The SMILES string of the molecule is C[C@H](Cn1cnc2c(N)ncnc21)OCP(=O)(CCCOCc1cnn(C)c1)Oc1ccccc1. The molecular weight excluding hydrogens is 469 g/mol. The average Bonchev–Trinajstić information content (AvgIpc) is 3.45. The van der Waals surface area contributed by atoms with Gasteiger partial charge in [0.1, 0.15) is 23.9 Å². The number of benzene rings is 1. The molecule has 186 valence electrons. The van der Waals surface area contributed by atoms with E-state index in [9.17, 15) is 4.57 Å². The first-order valence-corrected chi connectivity index (χ1v) is 13.3. The Morgan fingerprint density at radius 3 is 2.77 bits per heavy atom. The molecule has 0 radical (unpaired) electrons. The topological polar surface area (TPSA) is 132 Å². The van der Waals surface area contributed by atoms with Gasteiger partial charge in [-0.15, -0.1) is 0 Å². The molecule has 4 aromatic rings. The molecule has 0 aliphatic heterocycles. The van der Waals surface area contributed by atoms with Crippen molar-refractivity contribution in [1.82, 2.24) is 29.3 Å². The van der Waals surface area contributed by atoms with Gasteiger partial charge in [-0.2, -0.15) is 5.10 Å². The second-order valence-corrected chi connectivity index (χ2v) is 10.8. The number of ether oxygens (including phenoxy) is 2. The zero-order valence-corrected chi connectivity index (χ0v) is 20.8. The summed E-state index contributed by atoms with van der Waals surface area (Å²) in [4.78, 5) is 12.5. The molecule has 3 heterocycles. The van der Waals surface area contributed by atoms with Gasteiger partial charge < -0.3 is 24.3 Å². The molecule has 2 N–H and O–H groups in total. The molecule has 0 saturated heterocycles. The summed E-state index contributed by atoms with van der Waals surface area (Å²) in [6.07, 6.45) is 7.34. The van der Waals surface area contributed by atoms with Crippen LogP contribution in [0.15, 0.2) is 55.4 Å². The molecule has 1 unspecified atom stereocenters. The Morgan fingerprint density at radius 2 is 2.00 bits per heavy atom. The minimum absolute atomic E-state index is 0.0184. The molecule has 0 spiro atoms. The van der Waals surface area contributed by atoms with Gasteiger partial charge >= 0.3 is 0 Å². The number of aryl methyl sites for hydroxylation is 1. The number of hydrogen-bond acceptors (Lipinski definition) is 9. The third kappa shape index (κ3) is 6.88. The zero-order valence-electron chi connectivity index (χ0n) is 19.9. The first-order chi connectivity index (χ1) is 16.9. The van der Waals surface area contributed by atoms with Crippen LogP contribution in [0.2, 0.25) is 0 Å². The van der Waals surface area contributed by atoms with Crippen molar-refractivity contribution in [3.8, 4) is 5.75 Å². The molecular formula is C23H30N7O4P. The minimum atomic E-state index is -3.14. The van der Waals surface area contributed by atoms with E-state index in [0.717, 1.165) is 5.56 Å². The number of nitrogen functional groups attached to an aromatic ring is 1. The molecule has 11 nitrogen and oxygen atoms in total. The highest BCUT2D eigenvalue weighted by molar-refractivity contribution is 7.59. The molecule has 3 aromatic heterocycles. The average molecular weight is 500 g/mol. The Hall–Kier alpha value is -3.27. The number of hydrogen-bond donors (Lipinski definition) is 1. The summed E-state index contributed by atoms with van der Waals surface area (Å²) in [5.74, 6) is 0.880. The number of imidazole rings is 1. The van der Waals surface area contributed by atoms with Gasteiger partial charge in [-0.25, -0.2) is 15.0 Å². The molecule has 12 heteroatoms. The lowest BCUT2D eigenvalue weighted by Gasteiger charge is -2.22. The van der Waals surface area contributed by atoms with Gasteiger partial charge in [0.05, 0.1) is 31.8 Å². The Bertz CT molecular complexity index is 1280. The number of nitrogens with two attached hydrogens (primary N) is 1. The predicted octanol–water partition coefficient (Wildman–Crippen LogP) is 3.47. The van der Waals surface area contributed by atoms with Crippen molar-refractivity contribution in [2.45, 2.75) is 32.6 Å². The largest absolute Gasteiger partial charge is 0.441 e. The molecule has 1 aromatic carbocycles. The number of anilines is 1. The standard InChI is InChI=1S/C23H30N7O4P/c1-18(12-30-16-27-21-22(24)25-15-26-23(21)30)33-17-35(31,34-20-7-4-3-5-8-20)10-6-9-32-14-19-11-28-29(2)13-19/h3-5,7-8,11,13,15-16,18H,6,9-10,12,14,17H2,1-2H3,(H2,24,25,26)/t18-,35?/m1/s1. The summed E-state index contributed by atoms with van der Waals surface area (Å²) in [5.41, 5.74) is 8.03. The molecule has 0 aliphatic rings. The highest BCUT2D eigenvalue weighted by Crippen LogP contribution is 2.48. The lowest BCUT2D eigenvalue weighted by molar-refractivity contribution is 0.0825. The normalized spacial score (nSPS) is 14.1. The number of fused-ring (bicyclic) bond motifs is 1. The molecule has 0 aliphatic carbocycles. The molecule has 35 heavy (non-hydrogen) atoms. The quantitative estimate of drug-likeness (QED) is 0.217. The van der Waals surface area contributed by atoms with Gasteiger partial charge in [-0.3, -0.25) is 9.25 Å². The predicted molar refractivity (Wildman–Crippen MR) is 132 cm³/mol. The van der Waals surface area contributed by atoms with Crippen LogP contribution in [0.3, 0.4) is 0 Å². The van der Waals surface area contributed by atoms with Gasteiger partial charge in [0.15, 0.2) is 11.5 Å². The van der Waals surface area contributed by atoms with E-state index in [1.807, 2.05) is 42.9 Å². The highest BCUT2D eigenvalue weighted by atomic mass is 31.2. The van der Waals surface area contributed by atoms with Crippen LogP contribution in [-0.4, -0.2) is 54.5 Å². The Balaban J connectivity index is 1.33. The van der Waals surface area contributed by atoms with Crippen molar-refractivity contribution in [3.63, 3.8) is 0 Å². The summed E-state index contributed by atoms with van der Waals surface area (Å²) in [5, 5.41) is 4.13. The first-order valence-electron chi connectivity index (χ1n) is 11.3. The second kappa shape index (κ2) is 11.4. The molecule has 2 atom stereocenters. The second-order valence-electron chi connectivity index (χ2n) is 8.31. The summed E-state index contributed by atoms with van der Waals surface area (Å²) in [6.45, 7) is 3.28. The molecule has 0 bridgehead atoms. The van der Waals surface area contributed by atoms with Crippen LogP contribution in [0.25, 0.3) is 11.2 Å². The number of nitrogens with zero attached hydrogens (tertiary/aromatic N) is 6. The number of para-hydroxylation sites is 1. The maximum absolute atomic E-state index is 13.7. The van der Waals surface area contributed by atoms with E-state index in [1.165, 1.54) is 6.33 Å². The van der Waals surface area contributed by atoms with E-state index in [4.69, 9.17) is 19.7 Å². The maximum Gasteiger partial charge on any atom is 0.272 e. The van der Waals surface area contributed by atoms with Crippen molar-refractivity contribution in [2.75, 3.05) is 24.9 Å². The summed E-state index contributed by atoms with van der Waals surface area (Å²) >= 11 is 0. The van der Waals surface area contributed by atoms with Crippen molar-refractivity contribution in [3.05, 3.63) is 60.9 Å². The lowest BCUT2D eigenvalue weighted by Crippen LogP contribution is -2.19. The van der Waals surface area contributed by atoms with Crippen molar-refractivity contribution in [1.29, 1.82) is 0 Å². The van der Waals surface area contributed by atoms with Crippen LogP contribution in [0.1, 0.15) is 18.9 Å². The molecule has 0 amide bonds. The fraction of sp³-hybridized carbons (Fsp3) is 0.391. The fourth-order valence-electron chi connectivity index (χ4n) is 3.56. The Kier molecular flexibility index (Phi) is 8.12. The molecule has 4 rings (SSSR count). The van der Waals surface area contributed by atoms with Gasteiger partial charge in [-0.1, -0.05) is 18.2 Å². The Labute approximate surface area is 203 Å². The highest BCUT2D eigenvalue weighted by Gasteiger charge is 2.26. The summed E-state index contributed by atoms with van der Waals surface area (Å²) in [6, 6.07) is 9.15. The van der Waals surface area contributed by atoms with E-state index in [2.05, 4.69) is 20.1 Å². The van der Waals surface area contributed by atoms with Crippen molar-refractivity contribution in [2.24, 2.45) is 7.05 Å². The van der Waals surface area contributed by atoms with E-state index in [0.29, 0.717) is 55.1 Å². The van der Waals surface area contributed by atoms with E-state index in [1.54, 1.807) is 29.3 Å². The zero-order chi connectivity index (χ0) is 24.7. The Morgan fingerprint density at radius 1 is 1.17 bits per heavy atom. The lowest BCUT2D eigenvalue weighted by atomic mass is 10.3. The third-order valence-electron chi connectivity index (χ3n) is 5.27. The fourth-order valence-corrected chi connectivity index (χ4v) is 5.43. The molecule has 0 saturated carbocycles. The van der Waals surface area contributed by atoms with Gasteiger partial charge in [-0.05, 0) is 25.5 Å². The monoisotopic (exact) mass is 499 g/mol. The summed E-state index contributed by atoms with van der Waals surface area (Å²) in [7, 11) is -1.28. The van der Waals surface area contributed by atoms with Crippen LogP contribution < -0.4 is 10.3 Å². The first kappa shape index (κ1) is 24.8. The number of rotatable bonds is 13. The van der Waals surface area contributed by atoms with E-state index >= 15 is 0 Å².